The highest BCUT2D eigenvalue weighted by Gasteiger charge is 2.21. The molecule has 27 heavy (non-hydrogen) atoms. The van der Waals surface area contributed by atoms with Crippen molar-refractivity contribution >= 4 is 21.8 Å². The summed E-state index contributed by atoms with van der Waals surface area (Å²) in [5, 5.41) is 5.09. The van der Waals surface area contributed by atoms with Crippen LogP contribution in [0.3, 0.4) is 0 Å². The van der Waals surface area contributed by atoms with Crippen molar-refractivity contribution in [1.82, 2.24) is 9.80 Å². The van der Waals surface area contributed by atoms with E-state index in [9.17, 15) is 18.0 Å². The van der Waals surface area contributed by atoms with Gasteiger partial charge < -0.3 is 9.80 Å². The van der Waals surface area contributed by atoms with Gasteiger partial charge in [0.15, 0.2) is 0 Å². The summed E-state index contributed by atoms with van der Waals surface area (Å²) in [6.45, 7) is 6.14. The van der Waals surface area contributed by atoms with Gasteiger partial charge in [-0.15, -0.1) is 0 Å². The minimum atomic E-state index is -3.70. The lowest BCUT2D eigenvalue weighted by Gasteiger charge is -2.31. The maximum atomic E-state index is 12.4. The highest BCUT2D eigenvalue weighted by atomic mass is 32.2. The highest BCUT2D eigenvalue weighted by molar-refractivity contribution is 7.89. The Morgan fingerprint density at radius 1 is 1.22 bits per heavy atom. The molecule has 1 aliphatic rings. The Morgan fingerprint density at radius 2 is 1.89 bits per heavy atom. The van der Waals surface area contributed by atoms with E-state index in [0.29, 0.717) is 31.8 Å². The number of hydrogen-bond acceptors (Lipinski definition) is 4. The minimum Gasteiger partial charge on any atom is -0.342 e. The maximum absolute atomic E-state index is 12.4. The predicted molar refractivity (Wildman–Crippen MR) is 103 cm³/mol. The SMILES string of the molecule is CC(=O)N(CCC(=O)N1CCCC(C)C1)CCc1ccc(S(N)(=O)=O)cc1. The van der Waals surface area contributed by atoms with Crippen molar-refractivity contribution in [2.45, 2.75) is 44.4 Å². The van der Waals surface area contributed by atoms with E-state index in [1.165, 1.54) is 19.1 Å². The summed E-state index contributed by atoms with van der Waals surface area (Å²) in [7, 11) is -3.70. The van der Waals surface area contributed by atoms with Crippen LogP contribution in [-0.4, -0.2) is 56.2 Å². The number of rotatable bonds is 7. The number of amides is 2. The van der Waals surface area contributed by atoms with Crippen LogP contribution in [0.4, 0.5) is 0 Å². The first kappa shape index (κ1) is 21.4. The Balaban J connectivity index is 1.86. The van der Waals surface area contributed by atoms with Gasteiger partial charge >= 0.3 is 0 Å². The van der Waals surface area contributed by atoms with Gasteiger partial charge in [-0.2, -0.15) is 0 Å². The molecule has 0 aromatic heterocycles. The number of nitrogens with two attached hydrogens (primary N) is 1. The second kappa shape index (κ2) is 9.32. The van der Waals surface area contributed by atoms with Gasteiger partial charge in [-0.05, 0) is 42.9 Å². The summed E-state index contributed by atoms with van der Waals surface area (Å²) in [5.74, 6) is 0.563. The van der Waals surface area contributed by atoms with E-state index in [1.54, 1.807) is 17.0 Å². The summed E-state index contributed by atoms with van der Waals surface area (Å²) < 4.78 is 22.6. The Bertz CT molecular complexity index is 762. The Hall–Kier alpha value is -1.93. The molecule has 1 unspecified atom stereocenters. The second-order valence-corrected chi connectivity index (χ2v) is 8.84. The number of piperidine rings is 1. The molecule has 0 bridgehead atoms. The molecule has 1 aliphatic heterocycles. The monoisotopic (exact) mass is 395 g/mol. The number of nitrogens with zero attached hydrogens (tertiary/aromatic N) is 2. The molecule has 1 heterocycles. The van der Waals surface area contributed by atoms with E-state index >= 15 is 0 Å². The Kier molecular flexibility index (Phi) is 7.38. The third kappa shape index (κ3) is 6.62. The van der Waals surface area contributed by atoms with Gasteiger partial charge in [0.2, 0.25) is 21.8 Å². The van der Waals surface area contributed by atoms with Gasteiger partial charge in [0, 0.05) is 39.5 Å². The number of benzene rings is 1. The van der Waals surface area contributed by atoms with Crippen molar-refractivity contribution in [2.24, 2.45) is 11.1 Å². The van der Waals surface area contributed by atoms with Crippen LogP contribution in [0.25, 0.3) is 0 Å². The average molecular weight is 396 g/mol. The molecular formula is C19H29N3O4S. The summed E-state index contributed by atoms with van der Waals surface area (Å²) in [6, 6.07) is 6.31. The first-order chi connectivity index (χ1) is 12.7. The third-order valence-corrected chi connectivity index (χ3v) is 5.90. The highest BCUT2D eigenvalue weighted by Crippen LogP contribution is 2.16. The lowest BCUT2D eigenvalue weighted by Crippen LogP contribution is -2.41. The van der Waals surface area contributed by atoms with E-state index in [2.05, 4.69) is 6.92 Å². The molecular weight excluding hydrogens is 366 g/mol. The molecule has 1 fully saturated rings. The first-order valence-electron chi connectivity index (χ1n) is 9.32. The van der Waals surface area contributed by atoms with Crippen LogP contribution in [-0.2, 0) is 26.0 Å². The number of carbonyl (C=O) groups is 2. The summed E-state index contributed by atoms with van der Waals surface area (Å²) in [4.78, 5) is 27.9. The van der Waals surface area contributed by atoms with Gasteiger partial charge in [-0.1, -0.05) is 19.1 Å². The molecule has 0 saturated carbocycles. The van der Waals surface area contributed by atoms with E-state index in [1.807, 2.05) is 4.90 Å². The van der Waals surface area contributed by atoms with E-state index < -0.39 is 10.0 Å². The summed E-state index contributed by atoms with van der Waals surface area (Å²) in [5.41, 5.74) is 0.907. The fourth-order valence-corrected chi connectivity index (χ4v) is 3.86. The van der Waals surface area contributed by atoms with E-state index in [-0.39, 0.29) is 16.7 Å². The lowest BCUT2D eigenvalue weighted by atomic mass is 10.00. The molecule has 0 spiro atoms. The zero-order valence-electron chi connectivity index (χ0n) is 16.1. The number of carbonyl (C=O) groups excluding carboxylic acids is 2. The molecule has 1 aromatic rings. The molecule has 2 rings (SSSR count). The zero-order valence-corrected chi connectivity index (χ0v) is 16.9. The molecule has 1 aromatic carbocycles. The largest absolute Gasteiger partial charge is 0.342 e. The molecule has 1 saturated heterocycles. The smallest absolute Gasteiger partial charge is 0.238 e. The lowest BCUT2D eigenvalue weighted by molar-refractivity contribution is -0.134. The molecule has 2 N–H and O–H groups in total. The molecule has 7 nitrogen and oxygen atoms in total. The molecule has 2 amide bonds. The fraction of sp³-hybridized carbons (Fsp3) is 0.579. The van der Waals surface area contributed by atoms with Gasteiger partial charge in [0.1, 0.15) is 0 Å². The number of likely N-dealkylation sites (tertiary alicyclic amines) is 1. The second-order valence-electron chi connectivity index (χ2n) is 7.28. The standard InChI is InChI=1S/C19H29N3O4S/c1-15-4-3-11-22(14-15)19(24)10-13-21(16(2)23)12-9-17-5-7-18(8-6-17)27(20,25)26/h5-8,15H,3-4,9-14H2,1-2H3,(H2,20,25,26). The first-order valence-corrected chi connectivity index (χ1v) is 10.9. The van der Waals surface area contributed by atoms with Gasteiger partial charge in [-0.3, -0.25) is 9.59 Å². The van der Waals surface area contributed by atoms with Crippen LogP contribution in [0.5, 0.6) is 0 Å². The third-order valence-electron chi connectivity index (χ3n) is 4.97. The van der Waals surface area contributed by atoms with Crippen LogP contribution >= 0.6 is 0 Å². The maximum Gasteiger partial charge on any atom is 0.238 e. The van der Waals surface area contributed by atoms with Gasteiger partial charge in [0.05, 0.1) is 4.90 Å². The number of hydrogen-bond donors (Lipinski definition) is 1. The quantitative estimate of drug-likeness (QED) is 0.753. The Morgan fingerprint density at radius 3 is 2.44 bits per heavy atom. The van der Waals surface area contributed by atoms with Crippen LogP contribution < -0.4 is 5.14 Å². The average Bonchev–Trinajstić information content (AvgIpc) is 2.60. The summed E-state index contributed by atoms with van der Waals surface area (Å²) >= 11 is 0. The van der Waals surface area contributed by atoms with Crippen LogP contribution in [0.1, 0.15) is 38.7 Å². The van der Waals surface area contributed by atoms with Gasteiger partial charge in [-0.25, -0.2) is 13.6 Å². The van der Waals surface area contributed by atoms with Crippen molar-refractivity contribution in [3.8, 4) is 0 Å². The Labute approximate surface area is 161 Å². The topological polar surface area (TPSA) is 101 Å². The molecule has 0 aliphatic carbocycles. The predicted octanol–water partition coefficient (Wildman–Crippen LogP) is 1.37. The molecule has 8 heteroatoms. The van der Waals surface area contributed by atoms with E-state index in [0.717, 1.165) is 31.5 Å². The zero-order chi connectivity index (χ0) is 20.0. The molecule has 0 radical (unpaired) electrons. The normalized spacial score (nSPS) is 17.6. The minimum absolute atomic E-state index is 0.0658. The van der Waals surface area contributed by atoms with E-state index in [4.69, 9.17) is 5.14 Å². The van der Waals surface area contributed by atoms with Crippen molar-refractivity contribution in [3.05, 3.63) is 29.8 Å². The molecule has 150 valence electrons. The van der Waals surface area contributed by atoms with Gasteiger partial charge in [0.25, 0.3) is 0 Å². The van der Waals surface area contributed by atoms with Crippen LogP contribution in [0, 0.1) is 5.92 Å². The van der Waals surface area contributed by atoms with Crippen molar-refractivity contribution in [1.29, 1.82) is 0 Å². The van der Waals surface area contributed by atoms with Crippen LogP contribution in [0.2, 0.25) is 0 Å². The fourth-order valence-electron chi connectivity index (χ4n) is 3.34. The summed E-state index contributed by atoms with van der Waals surface area (Å²) in [6.07, 6.45) is 3.11. The van der Waals surface area contributed by atoms with Crippen LogP contribution in [0.15, 0.2) is 29.2 Å². The number of primary sulfonamides is 1. The molecule has 1 atom stereocenters. The van der Waals surface area contributed by atoms with Crippen molar-refractivity contribution in [3.63, 3.8) is 0 Å². The van der Waals surface area contributed by atoms with Crippen molar-refractivity contribution < 1.29 is 18.0 Å². The van der Waals surface area contributed by atoms with Crippen molar-refractivity contribution in [2.75, 3.05) is 26.2 Å². The number of sulfonamides is 1.